The molecule has 1 spiro atoms. The molecule has 0 saturated carbocycles. The normalized spacial score (nSPS) is 19.5. The van der Waals surface area contributed by atoms with E-state index in [-0.39, 0.29) is 16.8 Å². The molecule has 1 aliphatic carbocycles. The summed E-state index contributed by atoms with van der Waals surface area (Å²) in [6, 6.07) is 6.70. The van der Waals surface area contributed by atoms with Gasteiger partial charge in [-0.15, -0.1) is 0 Å². The molecule has 0 atom stereocenters. The zero-order valence-electron chi connectivity index (χ0n) is 13.4. The van der Waals surface area contributed by atoms with Gasteiger partial charge in [-0.3, -0.25) is 14.7 Å². The van der Waals surface area contributed by atoms with Crippen LogP contribution in [0.2, 0.25) is 0 Å². The highest BCUT2D eigenvalue weighted by atomic mass is 19.1. The minimum Gasteiger partial charge on any atom is -0.311 e. The van der Waals surface area contributed by atoms with E-state index >= 15 is 0 Å². The first-order valence-electron chi connectivity index (χ1n) is 8.39. The number of piperidine rings is 1. The van der Waals surface area contributed by atoms with E-state index in [1.54, 1.807) is 12.1 Å². The Morgan fingerprint density at radius 1 is 1.12 bits per heavy atom. The molecule has 1 aliphatic heterocycles. The second kappa shape index (κ2) is 5.70. The van der Waals surface area contributed by atoms with Gasteiger partial charge in [0.15, 0.2) is 0 Å². The Kier molecular flexibility index (Phi) is 3.64. The molecule has 126 valence electrons. The Bertz CT molecular complexity index is 878. The Hall–Kier alpha value is -2.21. The number of fused-ring (bicyclic) bond motifs is 2. The Balaban J connectivity index is 1.52. The third-order valence-electron chi connectivity index (χ3n) is 5.51. The van der Waals surface area contributed by atoms with Crippen LogP contribution in [-0.4, -0.2) is 28.0 Å². The first-order chi connectivity index (χ1) is 11.6. The maximum atomic E-state index is 13.3. The van der Waals surface area contributed by atoms with Gasteiger partial charge in [0, 0.05) is 23.2 Å². The lowest BCUT2D eigenvalue weighted by Gasteiger charge is -2.39. The fraction of sp³-hybridized carbons (Fsp3) is 0.444. The van der Waals surface area contributed by atoms with Crippen LogP contribution in [0.4, 0.5) is 4.39 Å². The number of H-pyrrole nitrogens is 2. The van der Waals surface area contributed by atoms with Crippen molar-refractivity contribution in [1.82, 2.24) is 14.9 Å². The number of hydrogen-bond donors (Lipinski definition) is 2. The first-order valence-corrected chi connectivity index (χ1v) is 8.39. The smallest absolute Gasteiger partial charge is 0.311 e. The van der Waals surface area contributed by atoms with Gasteiger partial charge >= 0.3 is 5.69 Å². The van der Waals surface area contributed by atoms with Crippen LogP contribution in [0.1, 0.15) is 36.1 Å². The van der Waals surface area contributed by atoms with Gasteiger partial charge in [-0.2, -0.15) is 0 Å². The highest BCUT2D eigenvalue weighted by Crippen LogP contribution is 2.43. The van der Waals surface area contributed by atoms with Gasteiger partial charge in [0.25, 0.3) is 5.56 Å². The second-order valence-electron chi connectivity index (χ2n) is 6.95. The van der Waals surface area contributed by atoms with Crippen molar-refractivity contribution in [2.45, 2.75) is 37.6 Å². The van der Waals surface area contributed by atoms with Crippen molar-refractivity contribution < 1.29 is 4.39 Å². The van der Waals surface area contributed by atoms with Crippen LogP contribution in [0.3, 0.4) is 0 Å². The van der Waals surface area contributed by atoms with Crippen LogP contribution in [0.25, 0.3) is 0 Å². The summed E-state index contributed by atoms with van der Waals surface area (Å²) in [6.45, 7) is 2.46. The van der Waals surface area contributed by atoms with Crippen LogP contribution in [0.15, 0.2) is 33.9 Å². The molecule has 2 heterocycles. The summed E-state index contributed by atoms with van der Waals surface area (Å²) in [5.41, 5.74) is 1.80. The van der Waals surface area contributed by atoms with Crippen molar-refractivity contribution in [1.29, 1.82) is 0 Å². The number of aromatic nitrogens is 2. The van der Waals surface area contributed by atoms with Crippen LogP contribution in [0, 0.1) is 5.82 Å². The number of aryl methyl sites for hydroxylation is 1. The fourth-order valence-electron chi connectivity index (χ4n) is 4.30. The summed E-state index contributed by atoms with van der Waals surface area (Å²) in [6.07, 6.45) is 3.46. The van der Waals surface area contributed by atoms with Gasteiger partial charge in [0.2, 0.25) is 0 Å². The molecule has 0 amide bonds. The number of aromatic amines is 2. The minimum absolute atomic E-state index is 0.119. The summed E-state index contributed by atoms with van der Waals surface area (Å²) < 4.78 is 13.3. The van der Waals surface area contributed by atoms with Crippen molar-refractivity contribution in [2.24, 2.45) is 0 Å². The number of nitrogens with one attached hydrogen (secondary N) is 2. The largest absolute Gasteiger partial charge is 0.325 e. The quantitative estimate of drug-likeness (QED) is 0.881. The monoisotopic (exact) mass is 329 g/mol. The molecule has 1 aromatic carbocycles. The molecular formula is C18H20FN3O2. The lowest BCUT2D eigenvalue weighted by atomic mass is 9.74. The topological polar surface area (TPSA) is 69.0 Å². The molecule has 6 heteroatoms. The van der Waals surface area contributed by atoms with Crippen molar-refractivity contribution in [3.05, 3.63) is 67.7 Å². The van der Waals surface area contributed by atoms with Gasteiger partial charge in [-0.1, -0.05) is 12.1 Å². The number of benzene rings is 1. The number of likely N-dealkylation sites (tertiary alicyclic amines) is 1. The van der Waals surface area contributed by atoms with Crippen molar-refractivity contribution in [3.63, 3.8) is 0 Å². The van der Waals surface area contributed by atoms with Gasteiger partial charge in [0.05, 0.1) is 0 Å². The Morgan fingerprint density at radius 2 is 1.92 bits per heavy atom. The van der Waals surface area contributed by atoms with E-state index in [9.17, 15) is 14.0 Å². The molecule has 5 nitrogen and oxygen atoms in total. The molecule has 2 N–H and O–H groups in total. The highest BCUT2D eigenvalue weighted by Gasteiger charge is 2.43. The summed E-state index contributed by atoms with van der Waals surface area (Å²) in [5.74, 6) is -0.207. The lowest BCUT2D eigenvalue weighted by molar-refractivity contribution is 0.151. The van der Waals surface area contributed by atoms with E-state index in [0.717, 1.165) is 62.1 Å². The molecular weight excluding hydrogens is 309 g/mol. The Morgan fingerprint density at radius 3 is 2.67 bits per heavy atom. The first kappa shape index (κ1) is 15.3. The molecule has 2 aromatic rings. The van der Waals surface area contributed by atoms with Crippen molar-refractivity contribution in [2.75, 3.05) is 13.1 Å². The molecule has 24 heavy (non-hydrogen) atoms. The minimum atomic E-state index is -0.417. The van der Waals surface area contributed by atoms with E-state index in [4.69, 9.17) is 0 Å². The molecule has 1 aromatic heterocycles. The van der Waals surface area contributed by atoms with E-state index < -0.39 is 5.69 Å². The van der Waals surface area contributed by atoms with Gasteiger partial charge in [-0.05, 0) is 56.5 Å². The number of nitrogens with zero attached hydrogens (tertiary/aromatic N) is 1. The SMILES string of the molecule is O=c1[nH]c2c(c(=O)[nH]1)C1(CC2)CCN(Cc2cccc(F)c2)CC1. The average molecular weight is 329 g/mol. The zero-order chi connectivity index (χ0) is 16.7. The predicted molar refractivity (Wildman–Crippen MR) is 88.6 cm³/mol. The number of rotatable bonds is 2. The zero-order valence-corrected chi connectivity index (χ0v) is 13.4. The molecule has 1 saturated heterocycles. The summed E-state index contributed by atoms with van der Waals surface area (Å²) in [5, 5.41) is 0. The van der Waals surface area contributed by atoms with Crippen LogP contribution >= 0.6 is 0 Å². The summed E-state index contributed by atoms with van der Waals surface area (Å²) >= 11 is 0. The van der Waals surface area contributed by atoms with Crippen molar-refractivity contribution in [3.8, 4) is 0 Å². The fourth-order valence-corrected chi connectivity index (χ4v) is 4.30. The Labute approximate surface area is 138 Å². The molecule has 1 fully saturated rings. The van der Waals surface area contributed by atoms with Gasteiger partial charge in [-0.25, -0.2) is 9.18 Å². The van der Waals surface area contributed by atoms with E-state index in [1.165, 1.54) is 6.07 Å². The standard InChI is InChI=1S/C18H20FN3O2/c19-13-3-1-2-12(10-13)11-22-8-6-18(7-9-22)5-4-14-15(18)16(23)21-17(24)20-14/h1-3,10H,4-9,11H2,(H2,20,21,23,24). The number of halogens is 1. The molecule has 4 rings (SSSR count). The predicted octanol–water partition coefficient (Wildman–Crippen LogP) is 1.68. The van der Waals surface area contributed by atoms with E-state index in [1.807, 2.05) is 6.07 Å². The molecule has 0 radical (unpaired) electrons. The van der Waals surface area contributed by atoms with E-state index in [0.29, 0.717) is 0 Å². The number of hydrogen-bond acceptors (Lipinski definition) is 3. The lowest BCUT2D eigenvalue weighted by Crippen LogP contribution is -2.44. The van der Waals surface area contributed by atoms with Crippen molar-refractivity contribution >= 4 is 0 Å². The maximum Gasteiger partial charge on any atom is 0.325 e. The van der Waals surface area contributed by atoms with Crippen LogP contribution in [-0.2, 0) is 18.4 Å². The average Bonchev–Trinajstić information content (AvgIpc) is 2.88. The summed E-state index contributed by atoms with van der Waals surface area (Å²) in [7, 11) is 0. The summed E-state index contributed by atoms with van der Waals surface area (Å²) in [4.78, 5) is 31.2. The van der Waals surface area contributed by atoms with E-state index in [2.05, 4.69) is 14.9 Å². The molecule has 0 unspecified atom stereocenters. The van der Waals surface area contributed by atoms with Gasteiger partial charge in [0.1, 0.15) is 5.82 Å². The molecule has 2 aliphatic rings. The van der Waals surface area contributed by atoms with Crippen LogP contribution < -0.4 is 11.2 Å². The van der Waals surface area contributed by atoms with Gasteiger partial charge < -0.3 is 4.98 Å². The van der Waals surface area contributed by atoms with Crippen LogP contribution in [0.5, 0.6) is 0 Å². The second-order valence-corrected chi connectivity index (χ2v) is 6.95. The highest BCUT2D eigenvalue weighted by molar-refractivity contribution is 5.33. The third kappa shape index (κ3) is 2.60. The molecule has 0 bridgehead atoms. The third-order valence-corrected chi connectivity index (χ3v) is 5.51. The maximum absolute atomic E-state index is 13.3.